The van der Waals surface area contributed by atoms with Gasteiger partial charge in [-0.25, -0.2) is 0 Å². The van der Waals surface area contributed by atoms with Crippen molar-refractivity contribution in [2.45, 2.75) is 112 Å². The third kappa shape index (κ3) is 7.47. The molecule has 3 aliphatic rings. The van der Waals surface area contributed by atoms with E-state index in [2.05, 4.69) is 15.9 Å². The van der Waals surface area contributed by atoms with Crippen molar-refractivity contribution in [3.63, 3.8) is 0 Å². The molecular weight excluding hydrogens is 684 g/mol. The molecule has 2 aliphatic heterocycles. The van der Waals surface area contributed by atoms with Gasteiger partial charge in [0.15, 0.2) is 0 Å². The van der Waals surface area contributed by atoms with Crippen LogP contribution in [0.4, 0.5) is 0 Å². The van der Waals surface area contributed by atoms with Crippen molar-refractivity contribution in [2.75, 3.05) is 18.4 Å². The average Bonchev–Trinajstić information content (AvgIpc) is 3.37. The zero-order valence-corrected chi connectivity index (χ0v) is 32.6. The number of esters is 2. The lowest BCUT2D eigenvalue weighted by molar-refractivity contribution is -0.186. The van der Waals surface area contributed by atoms with Crippen LogP contribution in [-0.2, 0) is 28.7 Å². The monoisotopic (exact) mass is 738 g/mol. The maximum atomic E-state index is 13.1. The molecule has 1 saturated carbocycles. The number of carbonyl (C=O) groups is 4. The molecule has 2 saturated heterocycles. The van der Waals surface area contributed by atoms with Crippen LogP contribution in [0, 0.1) is 22.2 Å². The highest BCUT2D eigenvalue weighted by Crippen LogP contribution is 2.63. The summed E-state index contributed by atoms with van der Waals surface area (Å²) in [6.45, 7) is 19.9. The summed E-state index contributed by atoms with van der Waals surface area (Å²) in [5.74, 6) is -0.798. The first-order valence-corrected chi connectivity index (χ1v) is 18.6. The van der Waals surface area contributed by atoms with Crippen LogP contribution in [-0.4, -0.2) is 63.2 Å². The summed E-state index contributed by atoms with van der Waals surface area (Å²) in [5, 5.41) is 0.650. The Morgan fingerprint density at radius 2 is 1.27 bits per heavy atom. The van der Waals surface area contributed by atoms with Gasteiger partial charge in [0, 0.05) is 18.4 Å². The van der Waals surface area contributed by atoms with Crippen LogP contribution in [0.15, 0.2) is 60.7 Å². The van der Waals surface area contributed by atoms with Crippen LogP contribution < -0.4 is 0 Å². The first-order chi connectivity index (χ1) is 22.7. The number of amides is 2. The fourth-order valence-corrected chi connectivity index (χ4v) is 8.18. The summed E-state index contributed by atoms with van der Waals surface area (Å²) in [6.07, 6.45) is 2.05. The molecule has 0 bridgehead atoms. The van der Waals surface area contributed by atoms with Crippen LogP contribution in [0.1, 0.15) is 112 Å². The van der Waals surface area contributed by atoms with Gasteiger partial charge in [-0.15, -0.1) is 0 Å². The Balaban J connectivity index is 0.000000221. The molecule has 3 fully saturated rings. The number of nitrogens with zero attached hydrogens (tertiary/aromatic N) is 2. The molecule has 1 aliphatic carbocycles. The number of alkyl halides is 1. The molecule has 0 aromatic heterocycles. The molecule has 0 radical (unpaired) electrons. The summed E-state index contributed by atoms with van der Waals surface area (Å²) in [7, 11) is 0. The first kappa shape index (κ1) is 38.6. The molecule has 8 nitrogen and oxygen atoms in total. The van der Waals surface area contributed by atoms with Gasteiger partial charge in [-0.05, 0) is 92.7 Å². The number of hydrogen-bond donors (Lipinski definition) is 0. The number of halogens is 1. The van der Waals surface area contributed by atoms with Crippen molar-refractivity contribution in [3.8, 4) is 0 Å². The molecule has 9 heteroatoms. The lowest BCUT2D eigenvalue weighted by Gasteiger charge is -2.49. The van der Waals surface area contributed by atoms with Crippen LogP contribution >= 0.6 is 15.9 Å². The summed E-state index contributed by atoms with van der Waals surface area (Å²) < 4.78 is 11.4. The van der Waals surface area contributed by atoms with E-state index >= 15 is 0 Å². The first-order valence-electron chi connectivity index (χ1n) is 17.5. The molecule has 1 unspecified atom stereocenters. The molecule has 2 aromatic carbocycles. The molecule has 0 spiro atoms. The van der Waals surface area contributed by atoms with Crippen molar-refractivity contribution in [1.29, 1.82) is 0 Å². The Morgan fingerprint density at radius 3 is 1.69 bits per heavy atom. The molecule has 2 heterocycles. The number of benzene rings is 2. The number of fused-ring (bicyclic) bond motifs is 1. The Bertz CT molecular complexity index is 1520. The minimum absolute atomic E-state index is 0.0168. The Hall–Kier alpha value is -3.20. The van der Waals surface area contributed by atoms with E-state index in [1.165, 1.54) is 0 Å². The molecule has 6 atom stereocenters. The molecule has 49 heavy (non-hydrogen) atoms. The number of likely N-dealkylation sites (tertiary alicyclic amines) is 2. The fraction of sp³-hybridized carbons (Fsp3) is 0.600. The van der Waals surface area contributed by atoms with Crippen LogP contribution in [0.25, 0.3) is 0 Å². The zero-order valence-electron chi connectivity index (χ0n) is 31.0. The van der Waals surface area contributed by atoms with E-state index in [4.69, 9.17) is 9.47 Å². The van der Waals surface area contributed by atoms with Gasteiger partial charge in [0.2, 0.25) is 11.8 Å². The maximum absolute atomic E-state index is 13.1. The van der Waals surface area contributed by atoms with Crippen molar-refractivity contribution in [2.24, 2.45) is 22.2 Å². The van der Waals surface area contributed by atoms with Gasteiger partial charge in [-0.3, -0.25) is 19.2 Å². The predicted molar refractivity (Wildman–Crippen MR) is 195 cm³/mol. The number of rotatable bonds is 8. The molecule has 5 rings (SSSR count). The van der Waals surface area contributed by atoms with E-state index in [0.717, 1.165) is 24.0 Å². The summed E-state index contributed by atoms with van der Waals surface area (Å²) >= 11 is 3.45. The summed E-state index contributed by atoms with van der Waals surface area (Å²) in [4.78, 5) is 55.7. The van der Waals surface area contributed by atoms with Gasteiger partial charge in [0.05, 0.1) is 34.2 Å². The Morgan fingerprint density at radius 1 is 0.796 bits per heavy atom. The van der Waals surface area contributed by atoms with E-state index in [1.54, 1.807) is 0 Å². The van der Waals surface area contributed by atoms with Crippen LogP contribution in [0.3, 0.4) is 0 Å². The van der Waals surface area contributed by atoms with Crippen molar-refractivity contribution < 1.29 is 28.7 Å². The number of carbonyl (C=O) groups excluding carboxylic acids is 4. The summed E-state index contributed by atoms with van der Waals surface area (Å²) in [5.41, 5.74) is -1.08. The largest absolute Gasteiger partial charge is 0.459 e. The number of ether oxygens (including phenoxy) is 2. The normalized spacial score (nSPS) is 27.8. The van der Waals surface area contributed by atoms with E-state index < -0.39 is 33.4 Å². The minimum Gasteiger partial charge on any atom is -0.459 e. The smallest absolute Gasteiger partial charge is 0.315 e. The molecule has 2 amide bonds. The lowest BCUT2D eigenvalue weighted by Crippen LogP contribution is -2.56. The lowest BCUT2D eigenvalue weighted by atomic mass is 9.51. The maximum Gasteiger partial charge on any atom is 0.315 e. The van der Waals surface area contributed by atoms with E-state index in [9.17, 15) is 19.2 Å². The Labute approximate surface area is 301 Å². The van der Waals surface area contributed by atoms with Crippen molar-refractivity contribution in [1.82, 2.24) is 9.80 Å². The third-order valence-corrected chi connectivity index (χ3v) is 11.2. The third-order valence-electron chi connectivity index (χ3n) is 10.9. The van der Waals surface area contributed by atoms with Gasteiger partial charge in [-0.1, -0.05) is 83.5 Å². The van der Waals surface area contributed by atoms with Crippen molar-refractivity contribution in [3.05, 3.63) is 71.8 Å². The zero-order chi connectivity index (χ0) is 36.6. The van der Waals surface area contributed by atoms with Crippen LogP contribution in [0.2, 0.25) is 0 Å². The van der Waals surface area contributed by atoms with Gasteiger partial charge in [0.1, 0.15) is 11.2 Å². The van der Waals surface area contributed by atoms with E-state index in [-0.39, 0.29) is 35.8 Å². The standard InChI is InChI=1S/C20H28BrNO3.C20H27NO3/c1-14-17(23)22(15(2)16-9-7-6-8-10-16)13-20(14,11-12-21)18(24)25-19(3,4)5;1-14(15-9-7-6-8-10-15)21-13-20(17(23)24-18(2,3)4)12-11-19(20,5)16(21)22/h6-10,14-15H,11-13H2,1-5H3;6-10,14H,11-13H2,1-5H3/t14?,15-,20-;14-,19-,20+/m11/s1. The molecule has 268 valence electrons. The molecular formula is C40H55BrN2O6. The highest BCUT2D eigenvalue weighted by Gasteiger charge is 2.72. The average molecular weight is 740 g/mol. The SMILES string of the molecule is CC1C(=O)N([C@H](C)c2ccccc2)C[C@@]1(CCBr)C(=O)OC(C)(C)C.C[C@H](c1ccccc1)N1C[C@]2(C(=O)OC(C)(C)C)CC[C@]2(C)C1=O. The fourth-order valence-electron chi connectivity index (χ4n) is 7.47. The van der Waals surface area contributed by atoms with Crippen molar-refractivity contribution >= 4 is 39.7 Å². The second-order valence-corrected chi connectivity index (χ2v) is 17.1. The topological polar surface area (TPSA) is 93.2 Å². The minimum atomic E-state index is -0.809. The van der Waals surface area contributed by atoms with E-state index in [0.29, 0.717) is 24.8 Å². The van der Waals surface area contributed by atoms with Gasteiger partial charge >= 0.3 is 11.9 Å². The molecule has 2 aromatic rings. The van der Waals surface area contributed by atoms with Crippen LogP contribution in [0.5, 0.6) is 0 Å². The number of hydrogen-bond acceptors (Lipinski definition) is 6. The quantitative estimate of drug-likeness (QED) is 0.201. The summed E-state index contributed by atoms with van der Waals surface area (Å²) in [6, 6.07) is 19.8. The van der Waals surface area contributed by atoms with E-state index in [1.807, 2.05) is 140 Å². The highest BCUT2D eigenvalue weighted by molar-refractivity contribution is 9.09. The van der Waals surface area contributed by atoms with Gasteiger partial charge in [-0.2, -0.15) is 0 Å². The van der Waals surface area contributed by atoms with Gasteiger partial charge < -0.3 is 19.3 Å². The second kappa shape index (κ2) is 14.2. The Kier molecular flexibility index (Phi) is 11.2. The second-order valence-electron chi connectivity index (χ2n) is 16.3. The van der Waals surface area contributed by atoms with Gasteiger partial charge in [0.25, 0.3) is 0 Å². The highest BCUT2D eigenvalue weighted by atomic mass is 79.9. The molecule has 0 N–H and O–H groups in total. The predicted octanol–water partition coefficient (Wildman–Crippen LogP) is 8.06.